The first-order chi connectivity index (χ1) is 13.5. The van der Waals surface area contributed by atoms with Gasteiger partial charge in [-0.25, -0.2) is 8.78 Å². The number of carbonyl (C=O) groups is 2. The first kappa shape index (κ1) is 19.2. The molecule has 0 atom stereocenters. The number of amides is 2. The number of halogens is 2. The Bertz CT molecular complexity index is 1010. The van der Waals surface area contributed by atoms with E-state index in [1.54, 1.807) is 42.5 Å². The summed E-state index contributed by atoms with van der Waals surface area (Å²) in [5.74, 6) is -1.59. The van der Waals surface area contributed by atoms with Gasteiger partial charge in [0, 0.05) is 23.4 Å². The Morgan fingerprint density at radius 2 is 1.50 bits per heavy atom. The molecule has 0 aliphatic carbocycles. The van der Waals surface area contributed by atoms with Crippen molar-refractivity contribution in [2.45, 2.75) is 6.42 Å². The highest BCUT2D eigenvalue weighted by atomic mass is 19.1. The second kappa shape index (κ2) is 8.90. The number of carbonyl (C=O) groups excluding carboxylic acids is 2. The summed E-state index contributed by atoms with van der Waals surface area (Å²) in [6.07, 6.45) is 0.359. The molecule has 28 heavy (non-hydrogen) atoms. The molecule has 0 aromatic heterocycles. The van der Waals surface area contributed by atoms with Crippen molar-refractivity contribution in [1.29, 1.82) is 0 Å². The van der Waals surface area contributed by atoms with Crippen LogP contribution in [0.3, 0.4) is 0 Å². The SMILES string of the molecule is O=C(NCCc1ccccc1F)c1cccc(C(=O)Nc2cccc(F)c2)c1. The number of hydrogen-bond donors (Lipinski definition) is 2. The summed E-state index contributed by atoms with van der Waals surface area (Å²) < 4.78 is 26.8. The van der Waals surface area contributed by atoms with Crippen molar-refractivity contribution < 1.29 is 18.4 Å². The Labute approximate surface area is 161 Å². The summed E-state index contributed by atoms with van der Waals surface area (Å²) >= 11 is 0. The molecule has 0 spiro atoms. The first-order valence-electron chi connectivity index (χ1n) is 8.71. The molecule has 6 heteroatoms. The third-order valence-electron chi connectivity index (χ3n) is 4.11. The number of hydrogen-bond acceptors (Lipinski definition) is 2. The van der Waals surface area contributed by atoms with Crippen LogP contribution in [-0.2, 0) is 6.42 Å². The van der Waals surface area contributed by atoms with Gasteiger partial charge in [0.25, 0.3) is 11.8 Å². The molecule has 2 amide bonds. The Morgan fingerprint density at radius 3 is 2.25 bits per heavy atom. The zero-order valence-electron chi connectivity index (χ0n) is 14.9. The minimum atomic E-state index is -0.458. The Morgan fingerprint density at radius 1 is 0.786 bits per heavy atom. The second-order valence-corrected chi connectivity index (χ2v) is 6.14. The topological polar surface area (TPSA) is 58.2 Å². The van der Waals surface area contributed by atoms with Crippen molar-refractivity contribution in [3.05, 3.63) is 101 Å². The van der Waals surface area contributed by atoms with Gasteiger partial charge in [0.2, 0.25) is 0 Å². The van der Waals surface area contributed by atoms with Gasteiger partial charge in [-0.15, -0.1) is 0 Å². The normalized spacial score (nSPS) is 10.4. The van der Waals surface area contributed by atoms with Crippen molar-refractivity contribution >= 4 is 17.5 Å². The lowest BCUT2D eigenvalue weighted by atomic mass is 10.1. The molecule has 0 fully saturated rings. The van der Waals surface area contributed by atoms with Gasteiger partial charge in [0.15, 0.2) is 0 Å². The highest BCUT2D eigenvalue weighted by Gasteiger charge is 2.11. The fraction of sp³-hybridized carbons (Fsp3) is 0.0909. The molecule has 3 rings (SSSR count). The van der Waals surface area contributed by atoms with Crippen LogP contribution in [0.5, 0.6) is 0 Å². The Hall–Kier alpha value is -3.54. The fourth-order valence-corrected chi connectivity index (χ4v) is 2.69. The van der Waals surface area contributed by atoms with E-state index >= 15 is 0 Å². The quantitative estimate of drug-likeness (QED) is 0.674. The van der Waals surface area contributed by atoms with Crippen LogP contribution in [0.4, 0.5) is 14.5 Å². The van der Waals surface area contributed by atoms with Crippen LogP contribution in [-0.4, -0.2) is 18.4 Å². The molecule has 0 unspecified atom stereocenters. The number of anilines is 1. The van der Waals surface area contributed by atoms with Gasteiger partial charge in [-0.3, -0.25) is 9.59 Å². The maximum Gasteiger partial charge on any atom is 0.255 e. The molecule has 0 saturated carbocycles. The van der Waals surface area contributed by atoms with Gasteiger partial charge in [-0.05, 0) is 54.4 Å². The van der Waals surface area contributed by atoms with Crippen LogP contribution in [0.2, 0.25) is 0 Å². The van der Waals surface area contributed by atoms with E-state index in [4.69, 9.17) is 0 Å². The molecule has 0 saturated heterocycles. The fourth-order valence-electron chi connectivity index (χ4n) is 2.69. The standard InChI is InChI=1S/C22H18F2N2O2/c23-18-8-4-9-19(14-18)26-22(28)17-7-3-6-16(13-17)21(27)25-12-11-15-5-1-2-10-20(15)24/h1-10,13-14H,11-12H2,(H,25,27)(H,26,28). The van der Waals surface area contributed by atoms with Gasteiger partial charge >= 0.3 is 0 Å². The second-order valence-electron chi connectivity index (χ2n) is 6.14. The third-order valence-corrected chi connectivity index (χ3v) is 4.11. The van der Waals surface area contributed by atoms with Crippen LogP contribution in [0.25, 0.3) is 0 Å². The molecule has 3 aromatic rings. The van der Waals surface area contributed by atoms with Crippen LogP contribution in [0.15, 0.2) is 72.8 Å². The van der Waals surface area contributed by atoms with Gasteiger partial charge in [-0.1, -0.05) is 30.3 Å². The predicted molar refractivity (Wildman–Crippen MR) is 103 cm³/mol. The Balaban J connectivity index is 1.61. The zero-order chi connectivity index (χ0) is 19.9. The highest BCUT2D eigenvalue weighted by Crippen LogP contribution is 2.13. The minimum absolute atomic E-state index is 0.263. The van der Waals surface area contributed by atoms with E-state index in [0.717, 1.165) is 0 Å². The van der Waals surface area contributed by atoms with Gasteiger partial charge in [0.05, 0.1) is 0 Å². The summed E-state index contributed by atoms with van der Waals surface area (Å²) in [4.78, 5) is 24.6. The highest BCUT2D eigenvalue weighted by molar-refractivity contribution is 6.06. The van der Waals surface area contributed by atoms with Gasteiger partial charge in [-0.2, -0.15) is 0 Å². The molecule has 0 bridgehead atoms. The van der Waals surface area contributed by atoms with E-state index < -0.39 is 11.7 Å². The van der Waals surface area contributed by atoms with E-state index in [0.29, 0.717) is 23.2 Å². The molecule has 2 N–H and O–H groups in total. The summed E-state index contributed by atoms with van der Waals surface area (Å²) in [5.41, 5.74) is 1.42. The minimum Gasteiger partial charge on any atom is -0.352 e. The van der Waals surface area contributed by atoms with E-state index in [2.05, 4.69) is 10.6 Å². The van der Waals surface area contributed by atoms with E-state index in [-0.39, 0.29) is 23.8 Å². The molecular formula is C22H18F2N2O2. The summed E-state index contributed by atoms with van der Waals surface area (Å²) in [7, 11) is 0. The van der Waals surface area contributed by atoms with Crippen LogP contribution in [0.1, 0.15) is 26.3 Å². The third kappa shape index (κ3) is 5.01. The summed E-state index contributed by atoms with van der Waals surface area (Å²) in [5, 5.41) is 5.29. The predicted octanol–water partition coefficient (Wildman–Crippen LogP) is 4.19. The molecule has 3 aromatic carbocycles. The number of nitrogens with one attached hydrogen (secondary N) is 2. The van der Waals surface area contributed by atoms with Crippen molar-refractivity contribution in [3.63, 3.8) is 0 Å². The molecule has 0 aliphatic rings. The van der Waals surface area contributed by atoms with Crippen LogP contribution < -0.4 is 10.6 Å². The summed E-state index contributed by atoms with van der Waals surface area (Å²) in [6.45, 7) is 0.263. The maximum absolute atomic E-state index is 13.6. The molecule has 4 nitrogen and oxygen atoms in total. The van der Waals surface area contributed by atoms with Gasteiger partial charge < -0.3 is 10.6 Å². The van der Waals surface area contributed by atoms with Crippen molar-refractivity contribution in [2.75, 3.05) is 11.9 Å². The van der Waals surface area contributed by atoms with Crippen LogP contribution in [0, 0.1) is 11.6 Å². The number of benzene rings is 3. The summed E-state index contributed by atoms with van der Waals surface area (Å²) in [6, 6.07) is 18.1. The smallest absolute Gasteiger partial charge is 0.255 e. The van der Waals surface area contributed by atoms with E-state index in [9.17, 15) is 18.4 Å². The molecule has 142 valence electrons. The van der Waals surface area contributed by atoms with Crippen molar-refractivity contribution in [2.24, 2.45) is 0 Å². The monoisotopic (exact) mass is 380 g/mol. The lowest BCUT2D eigenvalue weighted by Gasteiger charge is -2.09. The van der Waals surface area contributed by atoms with Crippen LogP contribution >= 0.6 is 0 Å². The largest absolute Gasteiger partial charge is 0.352 e. The molecule has 0 aliphatic heterocycles. The van der Waals surface area contributed by atoms with Gasteiger partial charge in [0.1, 0.15) is 11.6 Å². The number of rotatable bonds is 6. The lowest BCUT2D eigenvalue weighted by Crippen LogP contribution is -2.26. The van der Waals surface area contributed by atoms with E-state index in [1.807, 2.05) is 0 Å². The van der Waals surface area contributed by atoms with Crippen molar-refractivity contribution in [1.82, 2.24) is 5.32 Å². The molecule has 0 radical (unpaired) electrons. The average Bonchev–Trinajstić information content (AvgIpc) is 2.69. The molecule has 0 heterocycles. The Kier molecular flexibility index (Phi) is 6.11. The zero-order valence-corrected chi connectivity index (χ0v) is 14.9. The average molecular weight is 380 g/mol. The van der Waals surface area contributed by atoms with E-state index in [1.165, 1.54) is 30.3 Å². The van der Waals surface area contributed by atoms with Crippen molar-refractivity contribution in [3.8, 4) is 0 Å². The lowest BCUT2D eigenvalue weighted by molar-refractivity contribution is 0.0954. The first-order valence-corrected chi connectivity index (χ1v) is 8.71. The molecular weight excluding hydrogens is 362 g/mol. The maximum atomic E-state index is 13.6.